The summed E-state index contributed by atoms with van der Waals surface area (Å²) < 4.78 is 3.24. The zero-order valence-electron chi connectivity index (χ0n) is 15.7. The molecule has 1 atom stereocenters. The van der Waals surface area contributed by atoms with E-state index in [9.17, 15) is 0 Å². The second kappa shape index (κ2) is 6.89. The SMILES string of the molecule is [SH][Zr]([Cl])([Cl])([c]1cccc2c1C=C1C=C(Br)SC12)[c]1cccc2c1Cc1ccccc1-2. The quantitative estimate of drug-likeness (QED) is 0.230. The van der Waals surface area contributed by atoms with Crippen molar-refractivity contribution in [1.82, 2.24) is 0 Å². The van der Waals surface area contributed by atoms with Gasteiger partial charge in [-0.1, -0.05) is 0 Å². The molecule has 1 heterocycles. The van der Waals surface area contributed by atoms with Crippen molar-refractivity contribution in [2.75, 3.05) is 0 Å². The fraction of sp³-hybridized carbons (Fsp3) is 0.0833. The van der Waals surface area contributed by atoms with Crippen LogP contribution >= 0.6 is 54.1 Å². The van der Waals surface area contributed by atoms with Crippen LogP contribution in [0.2, 0.25) is 0 Å². The van der Waals surface area contributed by atoms with E-state index in [0.717, 1.165) is 13.0 Å². The van der Waals surface area contributed by atoms with E-state index in [2.05, 4.69) is 88.7 Å². The molecule has 3 aromatic rings. The van der Waals surface area contributed by atoms with Gasteiger partial charge in [0.2, 0.25) is 0 Å². The van der Waals surface area contributed by atoms with Crippen LogP contribution in [0.1, 0.15) is 27.5 Å². The number of allylic oxidation sites excluding steroid dienone is 1. The van der Waals surface area contributed by atoms with Crippen LogP contribution in [0.4, 0.5) is 0 Å². The molecule has 149 valence electrons. The first-order valence-electron chi connectivity index (χ1n) is 9.73. The number of benzene rings is 3. The van der Waals surface area contributed by atoms with E-state index in [1.54, 1.807) is 0 Å². The topological polar surface area (TPSA) is 0 Å². The monoisotopic (exact) mass is 607 g/mol. The number of fused-ring (bicyclic) bond motifs is 6. The average molecular weight is 611 g/mol. The van der Waals surface area contributed by atoms with Crippen molar-refractivity contribution in [3.05, 3.63) is 98.4 Å². The number of hydrogen-bond acceptors (Lipinski definition) is 2. The molecule has 0 amide bonds. The summed E-state index contributed by atoms with van der Waals surface area (Å²) in [6.45, 7) is 0. The first-order chi connectivity index (χ1) is 14.3. The van der Waals surface area contributed by atoms with Gasteiger partial charge in [0, 0.05) is 0 Å². The minimum absolute atomic E-state index is 0.312. The van der Waals surface area contributed by atoms with E-state index in [-0.39, 0.29) is 0 Å². The molecule has 0 saturated heterocycles. The molecule has 0 radical (unpaired) electrons. The van der Waals surface area contributed by atoms with Crippen LogP contribution in [0.15, 0.2) is 76.1 Å². The van der Waals surface area contributed by atoms with Crippen molar-refractivity contribution in [3.63, 3.8) is 0 Å². The van der Waals surface area contributed by atoms with Crippen LogP contribution in [-0.4, -0.2) is 0 Å². The molecule has 0 nitrogen and oxygen atoms in total. The first kappa shape index (κ1) is 20.4. The summed E-state index contributed by atoms with van der Waals surface area (Å²) in [7, 11) is 20.2. The van der Waals surface area contributed by atoms with Crippen molar-refractivity contribution in [3.8, 4) is 11.1 Å². The third kappa shape index (κ3) is 2.91. The number of halogens is 3. The van der Waals surface area contributed by atoms with Gasteiger partial charge in [-0.15, -0.1) is 0 Å². The summed E-state index contributed by atoms with van der Waals surface area (Å²) in [6.07, 6.45) is 5.30. The van der Waals surface area contributed by atoms with Gasteiger partial charge in [0.15, 0.2) is 0 Å². The molecule has 0 N–H and O–H groups in total. The molecule has 0 fully saturated rings. The van der Waals surface area contributed by atoms with Gasteiger partial charge in [-0.2, -0.15) is 0 Å². The van der Waals surface area contributed by atoms with E-state index in [0.29, 0.717) is 5.25 Å². The number of thiol groups is 1. The van der Waals surface area contributed by atoms with Crippen molar-refractivity contribution >= 4 is 66.7 Å². The maximum atomic E-state index is 7.52. The fourth-order valence-electron chi connectivity index (χ4n) is 4.99. The second-order valence-electron chi connectivity index (χ2n) is 8.03. The van der Waals surface area contributed by atoms with Crippen molar-refractivity contribution in [1.29, 1.82) is 0 Å². The Morgan fingerprint density at radius 2 is 1.63 bits per heavy atom. The van der Waals surface area contributed by atoms with Crippen LogP contribution < -0.4 is 6.54 Å². The molecule has 0 aromatic heterocycles. The van der Waals surface area contributed by atoms with Crippen molar-refractivity contribution < 1.29 is 14.9 Å². The van der Waals surface area contributed by atoms with E-state index < -0.39 is 14.9 Å². The fourth-order valence-corrected chi connectivity index (χ4v) is 19.3. The molecular formula is C24H16BrCl2S2Zr. The molecule has 6 rings (SSSR count). The van der Waals surface area contributed by atoms with Crippen molar-refractivity contribution in [2.24, 2.45) is 0 Å². The van der Waals surface area contributed by atoms with Gasteiger partial charge in [0.25, 0.3) is 0 Å². The van der Waals surface area contributed by atoms with Crippen LogP contribution in [0.25, 0.3) is 17.2 Å². The Morgan fingerprint density at radius 3 is 2.50 bits per heavy atom. The molecule has 1 unspecified atom stereocenters. The molecule has 0 spiro atoms. The molecular weight excluding hydrogens is 594 g/mol. The predicted molar refractivity (Wildman–Crippen MR) is 136 cm³/mol. The van der Waals surface area contributed by atoms with Gasteiger partial charge < -0.3 is 0 Å². The second-order valence-corrected chi connectivity index (χ2v) is 36.5. The standard InChI is InChI=1S/C13H9.C11H6BrS.2ClH.H2S.Zr/c1-3-7-12-10(5-1)9-11-6-2-4-8-13(11)12;12-10-6-8-5-7-3-1-2-4-9(7)11(8)13-10;;;;/h1-5,7-8H,9H2;1-2,4-6,11H;2*1H;1H2;/q;;;;;+3/p-3. The summed E-state index contributed by atoms with van der Waals surface area (Å²) in [4.78, 5) is 0. The van der Waals surface area contributed by atoms with Gasteiger partial charge in [-0.25, -0.2) is 0 Å². The third-order valence-corrected chi connectivity index (χ3v) is 22.6. The Labute approximate surface area is 200 Å². The van der Waals surface area contributed by atoms with Crippen LogP contribution in [-0.2, 0) is 21.4 Å². The van der Waals surface area contributed by atoms with Gasteiger partial charge in [0.1, 0.15) is 0 Å². The number of hydrogen-bond donors (Lipinski definition) is 1. The van der Waals surface area contributed by atoms with Crippen LogP contribution in [0, 0.1) is 0 Å². The first-order valence-corrected chi connectivity index (χ1v) is 23.9. The van der Waals surface area contributed by atoms with E-state index >= 15 is 0 Å². The number of rotatable bonds is 2. The third-order valence-electron chi connectivity index (χ3n) is 6.31. The molecule has 6 heteroatoms. The Kier molecular flexibility index (Phi) is 4.68. The Morgan fingerprint density at radius 1 is 0.900 bits per heavy atom. The molecule has 3 aromatic carbocycles. The molecule has 3 aliphatic rings. The Balaban J connectivity index is 1.57. The number of thioether (sulfide) groups is 1. The summed E-state index contributed by atoms with van der Waals surface area (Å²) in [5.74, 6) is 0. The Bertz CT molecular complexity index is 1320. The molecule has 1 aliphatic heterocycles. The van der Waals surface area contributed by atoms with E-state index in [1.807, 2.05) is 11.8 Å². The van der Waals surface area contributed by atoms with Gasteiger partial charge >= 0.3 is 203 Å². The molecule has 2 aliphatic carbocycles. The Hall–Kier alpha value is -0.217. The summed E-state index contributed by atoms with van der Waals surface area (Å²) >= 11 is 0.626. The molecule has 0 bridgehead atoms. The predicted octanol–water partition coefficient (Wildman–Crippen LogP) is 7.47. The van der Waals surface area contributed by atoms with Crippen LogP contribution in [0.3, 0.4) is 0 Å². The van der Waals surface area contributed by atoms with E-state index in [1.165, 1.54) is 42.8 Å². The molecule has 0 saturated carbocycles. The normalized spacial score (nSPS) is 19.9. The maximum absolute atomic E-state index is 7.52. The van der Waals surface area contributed by atoms with Crippen molar-refractivity contribution in [2.45, 2.75) is 11.7 Å². The summed E-state index contributed by atoms with van der Waals surface area (Å²) in [5, 5.41) is 0.312. The zero-order chi connectivity index (χ0) is 20.7. The van der Waals surface area contributed by atoms with E-state index in [4.69, 9.17) is 26.4 Å². The minimum atomic E-state index is -4.83. The van der Waals surface area contributed by atoms with Gasteiger partial charge in [-0.05, 0) is 0 Å². The zero-order valence-corrected chi connectivity index (χ0v) is 23.0. The summed E-state index contributed by atoms with van der Waals surface area (Å²) in [5.41, 5.74) is 8.84. The van der Waals surface area contributed by atoms with Gasteiger partial charge in [-0.3, -0.25) is 0 Å². The average Bonchev–Trinajstić information content (AvgIpc) is 3.36. The molecule has 30 heavy (non-hydrogen) atoms. The van der Waals surface area contributed by atoms with Crippen LogP contribution in [0.5, 0.6) is 0 Å². The van der Waals surface area contributed by atoms with Gasteiger partial charge in [0.05, 0.1) is 0 Å². The summed E-state index contributed by atoms with van der Waals surface area (Å²) in [6, 6.07) is 21.3.